The van der Waals surface area contributed by atoms with E-state index in [1.807, 2.05) is 85.1 Å². The summed E-state index contributed by atoms with van der Waals surface area (Å²) in [6.45, 7) is 0. The van der Waals surface area contributed by atoms with Crippen LogP contribution in [0.25, 0.3) is 12.2 Å². The van der Waals surface area contributed by atoms with Crippen molar-refractivity contribution >= 4 is 23.5 Å². The molecule has 2 aromatic carbocycles. The summed E-state index contributed by atoms with van der Waals surface area (Å²) < 4.78 is 0. The highest BCUT2D eigenvalue weighted by Crippen LogP contribution is 2.13. The van der Waals surface area contributed by atoms with E-state index in [9.17, 15) is 20.2 Å². The summed E-state index contributed by atoms with van der Waals surface area (Å²) in [5.74, 6) is 0. The monoisotopic (exact) mass is 426 g/mol. The van der Waals surface area contributed by atoms with E-state index in [1.54, 1.807) is 24.3 Å². The van der Waals surface area contributed by atoms with Gasteiger partial charge in [0.25, 0.3) is 11.4 Å². The molecule has 0 fully saturated rings. The number of rotatable bonds is 10. The number of nitro groups is 2. The first-order chi connectivity index (χ1) is 15.6. The molecule has 0 bridgehead atoms. The van der Waals surface area contributed by atoms with Crippen molar-refractivity contribution in [3.05, 3.63) is 153 Å². The molecule has 2 aromatic rings. The second-order valence-electron chi connectivity index (χ2n) is 6.34. The maximum Gasteiger partial charge on any atom is 0.269 e. The minimum atomic E-state index is -0.418. The van der Waals surface area contributed by atoms with E-state index in [4.69, 9.17) is 0 Å². The fourth-order valence-corrected chi connectivity index (χ4v) is 2.39. The first-order valence-corrected chi connectivity index (χ1v) is 9.73. The van der Waals surface area contributed by atoms with Crippen molar-refractivity contribution in [2.45, 2.75) is 0 Å². The summed E-state index contributed by atoms with van der Waals surface area (Å²) >= 11 is 0. The minimum absolute atomic E-state index is 0.0793. The number of nitro benzene ring substituents is 2. The van der Waals surface area contributed by atoms with E-state index in [1.165, 1.54) is 24.3 Å². The average molecular weight is 426 g/mol. The predicted molar refractivity (Wildman–Crippen MR) is 130 cm³/mol. The summed E-state index contributed by atoms with van der Waals surface area (Å²) in [6, 6.07) is 12.7. The number of nitrogens with zero attached hydrogens (tertiary/aromatic N) is 2. The molecule has 0 aliphatic carbocycles. The summed E-state index contributed by atoms with van der Waals surface area (Å²) in [5.41, 5.74) is 1.95. The molecule has 2 rings (SSSR count). The lowest BCUT2D eigenvalue weighted by atomic mass is 10.2. The normalized spacial score (nSPS) is 12.6. The van der Waals surface area contributed by atoms with Crippen LogP contribution in [0.15, 0.2) is 121 Å². The first-order valence-electron chi connectivity index (χ1n) is 9.73. The molecule has 6 nitrogen and oxygen atoms in total. The van der Waals surface area contributed by atoms with Crippen molar-refractivity contribution in [1.82, 2.24) is 0 Å². The highest BCUT2D eigenvalue weighted by atomic mass is 16.6. The van der Waals surface area contributed by atoms with E-state index in [-0.39, 0.29) is 11.4 Å². The lowest BCUT2D eigenvalue weighted by Crippen LogP contribution is -1.86. The van der Waals surface area contributed by atoms with Gasteiger partial charge in [-0.25, -0.2) is 0 Å². The maximum absolute atomic E-state index is 10.6. The van der Waals surface area contributed by atoms with Crippen molar-refractivity contribution in [1.29, 1.82) is 0 Å². The Morgan fingerprint density at radius 3 is 0.938 bits per heavy atom. The first kappa shape index (κ1) is 23.7. The van der Waals surface area contributed by atoms with Gasteiger partial charge in [-0.3, -0.25) is 20.2 Å². The molecule has 0 saturated heterocycles. The molecule has 6 heteroatoms. The van der Waals surface area contributed by atoms with E-state index in [0.29, 0.717) is 0 Å². The summed E-state index contributed by atoms with van der Waals surface area (Å²) in [6.07, 6.45) is 26.4. The molecule has 0 N–H and O–H groups in total. The zero-order valence-electron chi connectivity index (χ0n) is 17.2. The van der Waals surface area contributed by atoms with Gasteiger partial charge in [0.2, 0.25) is 0 Å². The number of hydrogen-bond acceptors (Lipinski definition) is 4. The molecule has 0 aromatic heterocycles. The van der Waals surface area contributed by atoms with Gasteiger partial charge >= 0.3 is 0 Å². The molecule has 160 valence electrons. The van der Waals surface area contributed by atoms with Gasteiger partial charge in [0, 0.05) is 24.3 Å². The van der Waals surface area contributed by atoms with Gasteiger partial charge in [0.05, 0.1) is 9.85 Å². The van der Waals surface area contributed by atoms with Crippen molar-refractivity contribution in [3.63, 3.8) is 0 Å². The van der Waals surface area contributed by atoms with Gasteiger partial charge in [-0.15, -0.1) is 0 Å². The second kappa shape index (κ2) is 13.6. The number of benzene rings is 2. The smallest absolute Gasteiger partial charge is 0.258 e. The third-order valence-corrected chi connectivity index (χ3v) is 4.01. The highest BCUT2D eigenvalue weighted by molar-refractivity contribution is 5.54. The minimum Gasteiger partial charge on any atom is -0.258 e. The second-order valence-corrected chi connectivity index (χ2v) is 6.34. The Morgan fingerprint density at radius 2 is 0.688 bits per heavy atom. The largest absolute Gasteiger partial charge is 0.269 e. The predicted octanol–water partition coefficient (Wildman–Crippen LogP) is 7.01. The molecular formula is C26H22N2O4. The van der Waals surface area contributed by atoms with Crippen LogP contribution >= 0.6 is 0 Å². The van der Waals surface area contributed by atoms with Crippen LogP contribution in [-0.4, -0.2) is 9.85 Å². The van der Waals surface area contributed by atoms with Crippen LogP contribution < -0.4 is 0 Å². The number of hydrogen-bond donors (Lipinski definition) is 0. The van der Waals surface area contributed by atoms with E-state index >= 15 is 0 Å². The van der Waals surface area contributed by atoms with Crippen molar-refractivity contribution in [2.75, 3.05) is 0 Å². The van der Waals surface area contributed by atoms with Gasteiger partial charge in [0.1, 0.15) is 0 Å². The Balaban J connectivity index is 1.68. The summed E-state index contributed by atoms with van der Waals surface area (Å²) in [4.78, 5) is 20.4. The molecule has 0 aliphatic heterocycles. The Hall–Kier alpha value is -4.58. The Labute approximate surface area is 186 Å². The molecule has 32 heavy (non-hydrogen) atoms. The molecule has 0 amide bonds. The third kappa shape index (κ3) is 9.28. The van der Waals surface area contributed by atoms with Crippen LogP contribution in [0.3, 0.4) is 0 Å². The van der Waals surface area contributed by atoms with Gasteiger partial charge in [-0.1, -0.05) is 85.1 Å². The fraction of sp³-hybridized carbons (Fsp3) is 0. The Kier molecular flexibility index (Phi) is 10.1. The number of non-ortho nitro benzene ring substituents is 2. The molecule has 0 aliphatic rings. The Morgan fingerprint density at radius 1 is 0.438 bits per heavy atom. The van der Waals surface area contributed by atoms with E-state index in [0.717, 1.165) is 11.1 Å². The van der Waals surface area contributed by atoms with Gasteiger partial charge in [0.15, 0.2) is 0 Å². The molecule has 0 spiro atoms. The highest BCUT2D eigenvalue weighted by Gasteiger charge is 2.02. The van der Waals surface area contributed by atoms with E-state index in [2.05, 4.69) is 0 Å². The van der Waals surface area contributed by atoms with Crippen molar-refractivity contribution in [3.8, 4) is 0 Å². The van der Waals surface area contributed by atoms with Crippen LogP contribution in [0, 0.1) is 20.2 Å². The molecule has 0 atom stereocenters. The quantitative estimate of drug-likeness (QED) is 0.232. The number of allylic oxidation sites excluding steroid dienone is 12. The van der Waals surface area contributed by atoms with Crippen LogP contribution in [0.1, 0.15) is 11.1 Å². The molecule has 0 saturated carbocycles. The lowest BCUT2D eigenvalue weighted by Gasteiger charge is -1.92. The standard InChI is InChI=1S/C26H22N2O4/c29-27(30)25-19-15-23(16-20-25)13-11-9-7-5-3-1-2-4-6-8-10-12-14-24-17-21-26(22-18-24)28(31)32/h1-22H. The maximum atomic E-state index is 10.6. The van der Waals surface area contributed by atoms with E-state index < -0.39 is 9.85 Å². The summed E-state index contributed by atoms with van der Waals surface area (Å²) in [7, 11) is 0. The SMILES string of the molecule is O=[N+]([O-])c1ccc(C=CC=CC=CC=CC=CC=CC=Cc2ccc([N+](=O)[O-])cc2)cc1. The fourth-order valence-electron chi connectivity index (χ4n) is 2.39. The molecule has 0 unspecified atom stereocenters. The van der Waals surface area contributed by atoms with Gasteiger partial charge < -0.3 is 0 Å². The van der Waals surface area contributed by atoms with Gasteiger partial charge in [-0.05, 0) is 35.4 Å². The Bertz CT molecular complexity index is 1010. The summed E-state index contributed by atoms with van der Waals surface area (Å²) in [5, 5.41) is 21.2. The van der Waals surface area contributed by atoms with Crippen LogP contribution in [0.2, 0.25) is 0 Å². The molecule has 0 radical (unpaired) electrons. The van der Waals surface area contributed by atoms with Gasteiger partial charge in [-0.2, -0.15) is 0 Å². The van der Waals surface area contributed by atoms with Crippen molar-refractivity contribution < 1.29 is 9.85 Å². The zero-order chi connectivity index (χ0) is 23.0. The molecular weight excluding hydrogens is 404 g/mol. The average Bonchev–Trinajstić information content (AvgIpc) is 2.80. The van der Waals surface area contributed by atoms with Crippen LogP contribution in [0.5, 0.6) is 0 Å². The third-order valence-electron chi connectivity index (χ3n) is 4.01. The molecule has 0 heterocycles. The van der Waals surface area contributed by atoms with Crippen molar-refractivity contribution in [2.24, 2.45) is 0 Å². The van der Waals surface area contributed by atoms with Crippen LogP contribution in [0.4, 0.5) is 11.4 Å². The lowest BCUT2D eigenvalue weighted by molar-refractivity contribution is -0.385. The zero-order valence-corrected chi connectivity index (χ0v) is 17.2. The van der Waals surface area contributed by atoms with Crippen LogP contribution in [-0.2, 0) is 0 Å². The topological polar surface area (TPSA) is 86.3 Å².